The first-order valence-corrected chi connectivity index (χ1v) is 11.5. The number of nitrogens with zero attached hydrogens (tertiary/aromatic N) is 3. The highest BCUT2D eigenvalue weighted by atomic mass is 35.5. The van der Waals surface area contributed by atoms with Crippen LogP contribution in [0.3, 0.4) is 0 Å². The number of aromatic nitrogens is 1. The maximum atomic E-state index is 13.0. The summed E-state index contributed by atoms with van der Waals surface area (Å²) >= 11 is 6.07. The van der Waals surface area contributed by atoms with E-state index in [1.165, 1.54) is 0 Å². The number of halogens is 4. The summed E-state index contributed by atoms with van der Waals surface area (Å²) in [5.41, 5.74) is -0.166. The highest BCUT2D eigenvalue weighted by Gasteiger charge is 2.35. The first-order chi connectivity index (χ1) is 15.7. The van der Waals surface area contributed by atoms with E-state index in [4.69, 9.17) is 11.6 Å². The molecular weight excluding hydrogens is 455 g/mol. The van der Waals surface area contributed by atoms with Crippen molar-refractivity contribution in [3.05, 3.63) is 58.7 Å². The number of piperidine rings is 2. The van der Waals surface area contributed by atoms with Crippen molar-refractivity contribution < 1.29 is 22.8 Å². The van der Waals surface area contributed by atoms with Crippen molar-refractivity contribution in [1.29, 1.82) is 0 Å². The molecule has 2 aliphatic rings. The van der Waals surface area contributed by atoms with Crippen molar-refractivity contribution in [1.82, 2.24) is 9.88 Å². The standard InChI is InChI=1S/C24H25ClF3N3O2/c25-20-14-19(24(26,27)28)15-29-22(20)30-10-8-18(9-11-30)23(33)31-12-6-17(7-13-31)21(32)16-4-2-1-3-5-16/h1-5,14-15,17-18H,6-13H2. The minimum absolute atomic E-state index is 0.0419. The van der Waals surface area contributed by atoms with Crippen LogP contribution in [0.1, 0.15) is 41.6 Å². The van der Waals surface area contributed by atoms with Gasteiger partial charge in [0.2, 0.25) is 5.91 Å². The monoisotopic (exact) mass is 479 g/mol. The third-order valence-electron chi connectivity index (χ3n) is 6.53. The highest BCUT2D eigenvalue weighted by Crippen LogP contribution is 2.35. The predicted molar refractivity (Wildman–Crippen MR) is 119 cm³/mol. The molecule has 176 valence electrons. The van der Waals surface area contributed by atoms with E-state index in [0.29, 0.717) is 63.2 Å². The number of hydrogen-bond acceptors (Lipinski definition) is 4. The summed E-state index contributed by atoms with van der Waals surface area (Å²) < 4.78 is 38.5. The Morgan fingerprint density at radius 3 is 2.12 bits per heavy atom. The Morgan fingerprint density at radius 2 is 1.55 bits per heavy atom. The fraction of sp³-hybridized carbons (Fsp3) is 0.458. The molecule has 0 aliphatic carbocycles. The Hall–Kier alpha value is -2.61. The van der Waals surface area contributed by atoms with E-state index >= 15 is 0 Å². The van der Waals surface area contributed by atoms with Gasteiger partial charge in [-0.3, -0.25) is 9.59 Å². The number of Topliss-reactive ketones (excluding diaryl/α,β-unsaturated/α-hetero) is 1. The van der Waals surface area contributed by atoms with Crippen molar-refractivity contribution in [3.63, 3.8) is 0 Å². The molecule has 2 fully saturated rings. The lowest BCUT2D eigenvalue weighted by Gasteiger charge is -2.37. The van der Waals surface area contributed by atoms with Crippen molar-refractivity contribution in [2.45, 2.75) is 31.9 Å². The molecule has 1 aromatic carbocycles. The second kappa shape index (κ2) is 9.71. The molecule has 2 aliphatic heterocycles. The van der Waals surface area contributed by atoms with Crippen molar-refractivity contribution in [3.8, 4) is 0 Å². The predicted octanol–water partition coefficient (Wildman–Crippen LogP) is 5.09. The molecule has 1 amide bonds. The largest absolute Gasteiger partial charge is 0.417 e. The van der Waals surface area contributed by atoms with Crippen LogP contribution in [0.4, 0.5) is 19.0 Å². The van der Waals surface area contributed by atoms with Crippen LogP contribution in [0.15, 0.2) is 42.6 Å². The Morgan fingerprint density at radius 1 is 0.939 bits per heavy atom. The van der Waals surface area contributed by atoms with Crippen LogP contribution in [0, 0.1) is 11.8 Å². The van der Waals surface area contributed by atoms with Crippen LogP contribution in [0.25, 0.3) is 0 Å². The molecule has 5 nitrogen and oxygen atoms in total. The van der Waals surface area contributed by atoms with Gasteiger partial charge in [0.1, 0.15) is 5.82 Å². The van der Waals surface area contributed by atoms with E-state index in [-0.39, 0.29) is 28.5 Å². The number of carbonyl (C=O) groups is 2. The molecule has 0 spiro atoms. The van der Waals surface area contributed by atoms with Gasteiger partial charge in [0.05, 0.1) is 10.6 Å². The summed E-state index contributed by atoms with van der Waals surface area (Å²) in [6.45, 7) is 2.12. The molecule has 1 aromatic heterocycles. The number of benzene rings is 1. The van der Waals surface area contributed by atoms with Crippen LogP contribution in [-0.2, 0) is 11.0 Å². The van der Waals surface area contributed by atoms with E-state index in [1.54, 1.807) is 0 Å². The topological polar surface area (TPSA) is 53.5 Å². The average Bonchev–Trinajstić information content (AvgIpc) is 2.83. The lowest BCUT2D eigenvalue weighted by atomic mass is 9.87. The van der Waals surface area contributed by atoms with Crippen molar-refractivity contribution in [2.24, 2.45) is 11.8 Å². The summed E-state index contributed by atoms with van der Waals surface area (Å²) in [5.74, 6) is 0.335. The summed E-state index contributed by atoms with van der Waals surface area (Å²) in [7, 11) is 0. The molecule has 3 heterocycles. The van der Waals surface area contributed by atoms with Gasteiger partial charge < -0.3 is 9.80 Å². The fourth-order valence-electron chi connectivity index (χ4n) is 4.62. The van der Waals surface area contributed by atoms with Gasteiger partial charge in [-0.1, -0.05) is 41.9 Å². The lowest BCUT2D eigenvalue weighted by Crippen LogP contribution is -2.46. The summed E-state index contributed by atoms with van der Waals surface area (Å²) in [5, 5.41) is -0.0419. The van der Waals surface area contributed by atoms with Gasteiger partial charge in [-0.25, -0.2) is 4.98 Å². The van der Waals surface area contributed by atoms with Crippen LogP contribution >= 0.6 is 11.6 Å². The number of anilines is 1. The van der Waals surface area contributed by atoms with E-state index in [0.717, 1.165) is 12.3 Å². The zero-order valence-electron chi connectivity index (χ0n) is 18.0. The zero-order chi connectivity index (χ0) is 23.6. The van der Waals surface area contributed by atoms with Crippen LogP contribution < -0.4 is 4.90 Å². The van der Waals surface area contributed by atoms with E-state index in [2.05, 4.69) is 4.98 Å². The minimum atomic E-state index is -4.49. The second-order valence-corrected chi connectivity index (χ2v) is 9.03. The molecule has 4 rings (SSSR count). The molecule has 2 aromatic rings. The molecule has 33 heavy (non-hydrogen) atoms. The first kappa shape index (κ1) is 23.5. The van der Waals surface area contributed by atoms with Crippen molar-refractivity contribution >= 4 is 29.1 Å². The maximum Gasteiger partial charge on any atom is 0.417 e. The second-order valence-electron chi connectivity index (χ2n) is 8.62. The summed E-state index contributed by atoms with van der Waals surface area (Å²) in [4.78, 5) is 33.3. The maximum absolute atomic E-state index is 13.0. The Balaban J connectivity index is 1.29. The lowest BCUT2D eigenvalue weighted by molar-refractivity contribution is -0.138. The molecule has 9 heteroatoms. The number of likely N-dealkylation sites (tertiary alicyclic amines) is 1. The smallest absolute Gasteiger partial charge is 0.355 e. The normalized spacial score (nSPS) is 18.4. The molecule has 2 saturated heterocycles. The molecule has 0 saturated carbocycles. The van der Waals surface area contributed by atoms with Gasteiger partial charge in [-0.05, 0) is 31.7 Å². The number of alkyl halides is 3. The Bertz CT molecular complexity index is 1000. The quantitative estimate of drug-likeness (QED) is 0.573. The minimum Gasteiger partial charge on any atom is -0.355 e. The summed E-state index contributed by atoms with van der Waals surface area (Å²) in [6.07, 6.45) is -1.22. The van der Waals surface area contributed by atoms with Gasteiger partial charge in [-0.15, -0.1) is 0 Å². The molecule has 0 radical (unpaired) electrons. The van der Waals surface area contributed by atoms with Gasteiger partial charge >= 0.3 is 6.18 Å². The number of hydrogen-bond donors (Lipinski definition) is 0. The number of ketones is 1. The number of carbonyl (C=O) groups excluding carboxylic acids is 2. The molecular formula is C24H25ClF3N3O2. The molecule has 0 N–H and O–H groups in total. The average molecular weight is 480 g/mol. The van der Waals surface area contributed by atoms with Crippen LogP contribution in [-0.4, -0.2) is 47.8 Å². The van der Waals surface area contributed by atoms with E-state index < -0.39 is 11.7 Å². The van der Waals surface area contributed by atoms with Gasteiger partial charge in [0, 0.05) is 49.8 Å². The molecule has 0 unspecified atom stereocenters. The van der Waals surface area contributed by atoms with Crippen LogP contribution in [0.2, 0.25) is 5.02 Å². The van der Waals surface area contributed by atoms with Gasteiger partial charge in [0.15, 0.2) is 5.78 Å². The van der Waals surface area contributed by atoms with E-state index in [9.17, 15) is 22.8 Å². The molecule has 0 bridgehead atoms. The van der Waals surface area contributed by atoms with E-state index in [1.807, 2.05) is 40.1 Å². The van der Waals surface area contributed by atoms with Gasteiger partial charge in [-0.2, -0.15) is 13.2 Å². The van der Waals surface area contributed by atoms with Gasteiger partial charge in [0.25, 0.3) is 0 Å². The van der Waals surface area contributed by atoms with Crippen LogP contribution in [0.5, 0.6) is 0 Å². The summed E-state index contributed by atoms with van der Waals surface area (Å²) in [6, 6.07) is 10.1. The molecule has 0 atom stereocenters. The fourth-order valence-corrected chi connectivity index (χ4v) is 4.90. The highest BCUT2D eigenvalue weighted by molar-refractivity contribution is 6.33. The zero-order valence-corrected chi connectivity index (χ0v) is 18.8. The van der Waals surface area contributed by atoms with Crippen molar-refractivity contribution in [2.75, 3.05) is 31.1 Å². The third kappa shape index (κ3) is 5.32. The Labute approximate surface area is 195 Å². The number of amides is 1. The third-order valence-corrected chi connectivity index (χ3v) is 6.81. The number of pyridine rings is 1. The number of rotatable bonds is 4. The first-order valence-electron chi connectivity index (χ1n) is 11.1. The Kier molecular flexibility index (Phi) is 6.93. The SMILES string of the molecule is O=C(c1ccccc1)C1CCN(C(=O)C2CCN(c3ncc(C(F)(F)F)cc3Cl)CC2)CC1.